The standard InChI is InChI=1S/C19H21ClN2O4/c1-25-16-6-8-17(9-7-16)26-11-10-21-18(23)12-19(24)22-13-14-2-4-15(20)5-3-14/h2-9H,10-13H2,1H3,(H,21,23)(H,22,24). The van der Waals surface area contributed by atoms with E-state index in [9.17, 15) is 9.59 Å². The Morgan fingerprint density at radius 2 is 1.54 bits per heavy atom. The van der Waals surface area contributed by atoms with E-state index in [0.29, 0.717) is 30.5 Å². The van der Waals surface area contributed by atoms with Gasteiger partial charge in [-0.25, -0.2) is 0 Å². The second-order valence-corrected chi connectivity index (χ2v) is 5.89. The summed E-state index contributed by atoms with van der Waals surface area (Å²) in [7, 11) is 1.59. The third-order valence-corrected chi connectivity index (χ3v) is 3.73. The first-order valence-electron chi connectivity index (χ1n) is 8.11. The lowest BCUT2D eigenvalue weighted by atomic mass is 10.2. The fourth-order valence-electron chi connectivity index (χ4n) is 2.11. The van der Waals surface area contributed by atoms with Gasteiger partial charge in [0.25, 0.3) is 0 Å². The molecule has 2 rings (SSSR count). The molecule has 0 atom stereocenters. The number of carbonyl (C=O) groups is 2. The molecule has 0 bridgehead atoms. The van der Waals surface area contributed by atoms with Crippen molar-refractivity contribution < 1.29 is 19.1 Å². The van der Waals surface area contributed by atoms with E-state index >= 15 is 0 Å². The van der Waals surface area contributed by atoms with E-state index in [4.69, 9.17) is 21.1 Å². The van der Waals surface area contributed by atoms with Gasteiger partial charge in [0.05, 0.1) is 13.7 Å². The van der Waals surface area contributed by atoms with E-state index in [1.54, 1.807) is 43.5 Å². The summed E-state index contributed by atoms with van der Waals surface area (Å²) in [5.41, 5.74) is 0.913. The maximum Gasteiger partial charge on any atom is 0.229 e. The average Bonchev–Trinajstić information content (AvgIpc) is 2.65. The summed E-state index contributed by atoms with van der Waals surface area (Å²) in [6, 6.07) is 14.3. The monoisotopic (exact) mass is 376 g/mol. The van der Waals surface area contributed by atoms with E-state index in [-0.39, 0.29) is 18.2 Å². The Kier molecular flexibility index (Phi) is 7.76. The van der Waals surface area contributed by atoms with Crippen molar-refractivity contribution in [2.75, 3.05) is 20.3 Å². The number of nitrogens with one attached hydrogen (secondary N) is 2. The molecule has 26 heavy (non-hydrogen) atoms. The van der Waals surface area contributed by atoms with Crippen molar-refractivity contribution in [2.45, 2.75) is 13.0 Å². The first kappa shape index (κ1) is 19.6. The molecular weight excluding hydrogens is 356 g/mol. The van der Waals surface area contributed by atoms with Crippen LogP contribution in [0.25, 0.3) is 0 Å². The number of rotatable bonds is 9. The van der Waals surface area contributed by atoms with E-state index in [2.05, 4.69) is 10.6 Å². The van der Waals surface area contributed by atoms with Gasteiger partial charge >= 0.3 is 0 Å². The second-order valence-electron chi connectivity index (χ2n) is 5.45. The van der Waals surface area contributed by atoms with Crippen LogP contribution in [0.3, 0.4) is 0 Å². The smallest absolute Gasteiger partial charge is 0.229 e. The number of halogens is 1. The van der Waals surface area contributed by atoms with Gasteiger partial charge in [-0.15, -0.1) is 0 Å². The summed E-state index contributed by atoms with van der Waals surface area (Å²) in [6.45, 7) is 0.976. The highest BCUT2D eigenvalue weighted by Crippen LogP contribution is 2.16. The lowest BCUT2D eigenvalue weighted by molar-refractivity contribution is -0.129. The first-order chi connectivity index (χ1) is 12.6. The van der Waals surface area contributed by atoms with Gasteiger partial charge < -0.3 is 20.1 Å². The van der Waals surface area contributed by atoms with Gasteiger partial charge in [0.2, 0.25) is 11.8 Å². The van der Waals surface area contributed by atoms with Crippen LogP contribution in [-0.4, -0.2) is 32.1 Å². The van der Waals surface area contributed by atoms with Crippen LogP contribution < -0.4 is 20.1 Å². The fourth-order valence-corrected chi connectivity index (χ4v) is 2.23. The highest BCUT2D eigenvalue weighted by atomic mass is 35.5. The van der Waals surface area contributed by atoms with Crippen molar-refractivity contribution in [1.82, 2.24) is 10.6 Å². The van der Waals surface area contributed by atoms with Crippen molar-refractivity contribution in [3.8, 4) is 11.5 Å². The largest absolute Gasteiger partial charge is 0.497 e. The number of ether oxygens (including phenoxy) is 2. The van der Waals surface area contributed by atoms with E-state index in [1.807, 2.05) is 12.1 Å². The maximum absolute atomic E-state index is 11.8. The highest BCUT2D eigenvalue weighted by Gasteiger charge is 2.08. The molecule has 0 saturated heterocycles. The van der Waals surface area contributed by atoms with E-state index < -0.39 is 0 Å². The Morgan fingerprint density at radius 1 is 0.923 bits per heavy atom. The van der Waals surface area contributed by atoms with Crippen LogP contribution in [0, 0.1) is 0 Å². The quantitative estimate of drug-likeness (QED) is 0.521. The van der Waals surface area contributed by atoms with Gasteiger partial charge in [0, 0.05) is 11.6 Å². The van der Waals surface area contributed by atoms with Crippen LogP contribution in [0.5, 0.6) is 11.5 Å². The fraction of sp³-hybridized carbons (Fsp3) is 0.263. The predicted molar refractivity (Wildman–Crippen MR) is 99.4 cm³/mol. The third-order valence-electron chi connectivity index (χ3n) is 3.48. The lowest BCUT2D eigenvalue weighted by Crippen LogP contribution is -2.33. The minimum atomic E-state index is -0.350. The molecule has 2 amide bonds. The zero-order valence-corrected chi connectivity index (χ0v) is 15.2. The minimum Gasteiger partial charge on any atom is -0.497 e. The van der Waals surface area contributed by atoms with Crippen molar-refractivity contribution in [1.29, 1.82) is 0 Å². The highest BCUT2D eigenvalue weighted by molar-refractivity contribution is 6.30. The van der Waals surface area contributed by atoms with Gasteiger partial charge in [0.1, 0.15) is 24.5 Å². The van der Waals surface area contributed by atoms with Gasteiger partial charge in [-0.1, -0.05) is 23.7 Å². The Morgan fingerprint density at radius 3 is 2.19 bits per heavy atom. The zero-order valence-electron chi connectivity index (χ0n) is 14.5. The summed E-state index contributed by atoms with van der Waals surface area (Å²) in [5.74, 6) is 0.737. The van der Waals surface area contributed by atoms with Crippen molar-refractivity contribution in [3.63, 3.8) is 0 Å². The summed E-state index contributed by atoms with van der Waals surface area (Å²) >= 11 is 5.80. The normalized spacial score (nSPS) is 10.1. The molecule has 0 spiro atoms. The molecule has 2 N–H and O–H groups in total. The van der Waals surface area contributed by atoms with Gasteiger partial charge in [0.15, 0.2) is 0 Å². The lowest BCUT2D eigenvalue weighted by Gasteiger charge is -2.09. The summed E-state index contributed by atoms with van der Waals surface area (Å²) in [5, 5.41) is 5.97. The molecule has 7 heteroatoms. The van der Waals surface area contributed by atoms with Crippen LogP contribution in [0.15, 0.2) is 48.5 Å². The number of benzene rings is 2. The molecular formula is C19H21ClN2O4. The molecule has 0 unspecified atom stereocenters. The van der Waals surface area contributed by atoms with Crippen LogP contribution >= 0.6 is 11.6 Å². The zero-order chi connectivity index (χ0) is 18.8. The molecule has 2 aromatic rings. The van der Waals surface area contributed by atoms with Crippen LogP contribution in [0.4, 0.5) is 0 Å². The van der Waals surface area contributed by atoms with Crippen LogP contribution in [0.2, 0.25) is 5.02 Å². The molecule has 138 valence electrons. The molecule has 0 aliphatic rings. The Bertz CT molecular complexity index is 717. The van der Waals surface area contributed by atoms with Crippen molar-refractivity contribution in [3.05, 3.63) is 59.1 Å². The Balaban J connectivity index is 1.60. The van der Waals surface area contributed by atoms with E-state index in [1.165, 1.54) is 0 Å². The SMILES string of the molecule is COc1ccc(OCCNC(=O)CC(=O)NCc2ccc(Cl)cc2)cc1. The Labute approximate surface area is 157 Å². The summed E-state index contributed by atoms with van der Waals surface area (Å²) in [6.07, 6.45) is -0.226. The molecule has 0 heterocycles. The first-order valence-corrected chi connectivity index (χ1v) is 8.49. The molecule has 6 nitrogen and oxygen atoms in total. The predicted octanol–water partition coefficient (Wildman–Crippen LogP) is 2.55. The van der Waals surface area contributed by atoms with Crippen molar-refractivity contribution in [2.24, 2.45) is 0 Å². The molecule has 0 radical (unpaired) electrons. The summed E-state index contributed by atoms with van der Waals surface area (Å²) in [4.78, 5) is 23.5. The number of amides is 2. The second kappa shape index (κ2) is 10.3. The molecule has 0 saturated carbocycles. The maximum atomic E-state index is 11.8. The Hall–Kier alpha value is -2.73. The molecule has 0 fully saturated rings. The van der Waals surface area contributed by atoms with Gasteiger partial charge in [-0.2, -0.15) is 0 Å². The van der Waals surface area contributed by atoms with Crippen LogP contribution in [0.1, 0.15) is 12.0 Å². The van der Waals surface area contributed by atoms with E-state index in [0.717, 1.165) is 11.3 Å². The van der Waals surface area contributed by atoms with Gasteiger partial charge in [-0.05, 0) is 42.0 Å². The minimum absolute atomic E-state index is 0.226. The van der Waals surface area contributed by atoms with Crippen molar-refractivity contribution >= 4 is 23.4 Å². The third kappa shape index (κ3) is 7.03. The van der Waals surface area contributed by atoms with Crippen LogP contribution in [-0.2, 0) is 16.1 Å². The topological polar surface area (TPSA) is 76.7 Å². The molecule has 0 aliphatic heterocycles. The molecule has 2 aromatic carbocycles. The average molecular weight is 377 g/mol. The molecule has 0 aliphatic carbocycles. The number of hydrogen-bond donors (Lipinski definition) is 2. The number of carbonyl (C=O) groups excluding carboxylic acids is 2. The molecule has 0 aromatic heterocycles. The summed E-state index contributed by atoms with van der Waals surface area (Å²) < 4.78 is 10.6. The number of methoxy groups -OCH3 is 1. The number of hydrogen-bond acceptors (Lipinski definition) is 4. The van der Waals surface area contributed by atoms with Gasteiger partial charge in [-0.3, -0.25) is 9.59 Å².